The third-order valence-electron chi connectivity index (χ3n) is 11.1. The van der Waals surface area contributed by atoms with E-state index >= 15 is 0 Å². The number of fused-ring (bicyclic) bond motifs is 9. The third kappa shape index (κ3) is 4.23. The van der Waals surface area contributed by atoms with Crippen LogP contribution in [0.5, 0.6) is 0 Å². The SMILES string of the molecule is C1=CCCC(n2c3c(c4ccccc42)CC2C(=C3)c3ccccc3N2c2cccc(-c3cccc(-n4c5ccccc5c5ccccc54)c3)n2)=C1. The second-order valence-corrected chi connectivity index (χ2v) is 13.8. The van der Waals surface area contributed by atoms with Crippen molar-refractivity contribution in [3.8, 4) is 16.9 Å². The van der Waals surface area contributed by atoms with Crippen LogP contribution in [0, 0.1) is 0 Å². The zero-order valence-corrected chi connectivity index (χ0v) is 28.1. The number of para-hydroxylation sites is 4. The van der Waals surface area contributed by atoms with E-state index in [2.05, 4.69) is 178 Å². The molecule has 4 heteroatoms. The number of pyridine rings is 1. The van der Waals surface area contributed by atoms with Crippen LogP contribution < -0.4 is 4.90 Å². The van der Waals surface area contributed by atoms with E-state index in [4.69, 9.17) is 4.98 Å². The first-order chi connectivity index (χ1) is 25.3. The van der Waals surface area contributed by atoms with Crippen molar-refractivity contribution in [1.29, 1.82) is 0 Å². The molecule has 4 nitrogen and oxygen atoms in total. The van der Waals surface area contributed by atoms with Gasteiger partial charge in [-0.05, 0) is 84.7 Å². The Balaban J connectivity index is 1.03. The smallest absolute Gasteiger partial charge is 0.134 e. The average Bonchev–Trinajstić information content (AvgIpc) is 3.83. The minimum absolute atomic E-state index is 0.154. The molecule has 0 amide bonds. The predicted molar refractivity (Wildman–Crippen MR) is 213 cm³/mol. The Hall–Kier alpha value is -6.39. The van der Waals surface area contributed by atoms with Crippen molar-refractivity contribution in [1.82, 2.24) is 14.1 Å². The molecule has 1 atom stereocenters. The van der Waals surface area contributed by atoms with Gasteiger partial charge >= 0.3 is 0 Å². The molecule has 0 N–H and O–H groups in total. The highest BCUT2D eigenvalue weighted by atomic mass is 15.2. The van der Waals surface area contributed by atoms with E-state index in [0.717, 1.165) is 42.0 Å². The molecule has 1 unspecified atom stereocenters. The van der Waals surface area contributed by atoms with Gasteiger partial charge in [0.05, 0.1) is 39.7 Å². The van der Waals surface area contributed by atoms with Crippen LogP contribution in [-0.4, -0.2) is 20.2 Å². The molecule has 5 aromatic carbocycles. The molecule has 11 rings (SSSR count). The summed E-state index contributed by atoms with van der Waals surface area (Å²) in [7, 11) is 0. The van der Waals surface area contributed by atoms with Crippen LogP contribution in [0.15, 0.2) is 158 Å². The maximum absolute atomic E-state index is 5.43. The summed E-state index contributed by atoms with van der Waals surface area (Å²) in [5.74, 6) is 0.975. The van der Waals surface area contributed by atoms with Crippen molar-refractivity contribution in [3.05, 3.63) is 175 Å². The first-order valence-corrected chi connectivity index (χ1v) is 18.0. The van der Waals surface area contributed by atoms with E-state index in [1.807, 2.05) is 0 Å². The Labute approximate surface area is 296 Å². The highest BCUT2D eigenvalue weighted by Gasteiger charge is 2.39. The molecule has 242 valence electrons. The molecule has 3 aliphatic rings. The molecule has 3 aromatic heterocycles. The van der Waals surface area contributed by atoms with Gasteiger partial charge in [0.25, 0.3) is 0 Å². The minimum Gasteiger partial charge on any atom is -0.318 e. The molecule has 4 heterocycles. The highest BCUT2D eigenvalue weighted by molar-refractivity contribution is 6.09. The summed E-state index contributed by atoms with van der Waals surface area (Å²) in [5, 5.41) is 3.88. The number of rotatable bonds is 4. The van der Waals surface area contributed by atoms with E-state index in [1.54, 1.807) is 0 Å². The van der Waals surface area contributed by atoms with Crippen molar-refractivity contribution in [3.63, 3.8) is 0 Å². The van der Waals surface area contributed by atoms with Gasteiger partial charge in [0.15, 0.2) is 0 Å². The lowest BCUT2D eigenvalue weighted by atomic mass is 9.89. The number of nitrogens with zero attached hydrogens (tertiary/aromatic N) is 4. The van der Waals surface area contributed by atoms with Crippen LogP contribution in [0.1, 0.15) is 29.7 Å². The molecule has 0 saturated heterocycles. The van der Waals surface area contributed by atoms with Crippen LogP contribution in [0.4, 0.5) is 11.5 Å². The molecule has 8 aromatic rings. The van der Waals surface area contributed by atoms with Gasteiger partial charge in [-0.15, -0.1) is 0 Å². The molecule has 0 saturated carbocycles. The van der Waals surface area contributed by atoms with Crippen LogP contribution in [0.2, 0.25) is 0 Å². The summed E-state index contributed by atoms with van der Waals surface area (Å²) in [5.41, 5.74) is 14.9. The molecule has 0 spiro atoms. The van der Waals surface area contributed by atoms with Crippen LogP contribution in [0.3, 0.4) is 0 Å². The summed E-state index contributed by atoms with van der Waals surface area (Å²) < 4.78 is 4.90. The lowest BCUT2D eigenvalue weighted by Crippen LogP contribution is -2.31. The largest absolute Gasteiger partial charge is 0.318 e. The standard InChI is InChI=1S/C47H34N4/c1-2-15-32(16-3-1)49-43-25-10-6-20-36(43)38-30-46-39(29-45(38)49)37-21-7-11-26-44(37)51(46)47-27-13-22-40(48-47)31-14-12-17-33(28-31)50-41-23-8-4-18-34(41)35-19-5-9-24-42(35)50/h1-2,4-15,17-29,46H,3,16,30H2. The van der Waals surface area contributed by atoms with E-state index in [9.17, 15) is 0 Å². The second-order valence-electron chi connectivity index (χ2n) is 13.8. The molecule has 1 aliphatic heterocycles. The average molecular weight is 655 g/mol. The quantitative estimate of drug-likeness (QED) is 0.189. The Morgan fingerprint density at radius 3 is 2.12 bits per heavy atom. The normalized spacial score (nSPS) is 16.3. The molecule has 2 aliphatic carbocycles. The number of aromatic nitrogens is 3. The third-order valence-corrected chi connectivity index (χ3v) is 11.1. The number of allylic oxidation sites excluding steroid dienone is 4. The number of anilines is 2. The maximum Gasteiger partial charge on any atom is 0.134 e. The van der Waals surface area contributed by atoms with Gasteiger partial charge < -0.3 is 14.0 Å². The summed E-state index contributed by atoms with van der Waals surface area (Å²) in [6.07, 6.45) is 12.3. The number of benzene rings is 5. The summed E-state index contributed by atoms with van der Waals surface area (Å²) >= 11 is 0. The fourth-order valence-corrected chi connectivity index (χ4v) is 8.91. The van der Waals surface area contributed by atoms with Gasteiger partial charge in [0.2, 0.25) is 0 Å². The van der Waals surface area contributed by atoms with Crippen molar-refractivity contribution in [2.24, 2.45) is 0 Å². The van der Waals surface area contributed by atoms with Gasteiger partial charge in [-0.25, -0.2) is 4.98 Å². The summed E-state index contributed by atoms with van der Waals surface area (Å²) in [6.45, 7) is 0. The number of hydrogen-bond acceptors (Lipinski definition) is 2. The Kier molecular flexibility index (Phi) is 6.17. The van der Waals surface area contributed by atoms with Crippen LogP contribution in [-0.2, 0) is 6.42 Å². The molecular formula is C47H34N4. The van der Waals surface area contributed by atoms with Gasteiger partial charge in [0, 0.05) is 45.1 Å². The summed E-state index contributed by atoms with van der Waals surface area (Å²) in [4.78, 5) is 7.91. The monoisotopic (exact) mass is 654 g/mol. The lowest BCUT2D eigenvalue weighted by Gasteiger charge is -2.30. The van der Waals surface area contributed by atoms with Gasteiger partial charge in [-0.1, -0.05) is 103 Å². The van der Waals surface area contributed by atoms with Crippen molar-refractivity contribution >= 4 is 61.6 Å². The maximum atomic E-state index is 5.43. The fraction of sp³-hybridized carbons (Fsp3) is 0.0851. The zero-order valence-electron chi connectivity index (χ0n) is 28.1. The minimum atomic E-state index is 0.154. The van der Waals surface area contributed by atoms with E-state index < -0.39 is 0 Å². The van der Waals surface area contributed by atoms with Crippen molar-refractivity contribution < 1.29 is 0 Å². The molecular weight excluding hydrogens is 621 g/mol. The second kappa shape index (κ2) is 11.1. The van der Waals surface area contributed by atoms with Gasteiger partial charge in [0.1, 0.15) is 5.82 Å². The Morgan fingerprint density at radius 1 is 0.627 bits per heavy atom. The van der Waals surface area contributed by atoms with Crippen LogP contribution in [0.25, 0.3) is 67.0 Å². The van der Waals surface area contributed by atoms with Gasteiger partial charge in [-0.3, -0.25) is 0 Å². The molecule has 0 fully saturated rings. The Morgan fingerprint density at radius 2 is 1.33 bits per heavy atom. The summed E-state index contributed by atoms with van der Waals surface area (Å²) in [6, 6.07) is 50.6. The highest BCUT2D eigenvalue weighted by Crippen LogP contribution is 2.50. The van der Waals surface area contributed by atoms with Crippen molar-refractivity contribution in [2.75, 3.05) is 4.90 Å². The van der Waals surface area contributed by atoms with Gasteiger partial charge in [-0.2, -0.15) is 0 Å². The molecule has 0 bridgehead atoms. The van der Waals surface area contributed by atoms with E-state index in [-0.39, 0.29) is 6.04 Å². The van der Waals surface area contributed by atoms with Crippen LogP contribution >= 0.6 is 0 Å². The lowest BCUT2D eigenvalue weighted by molar-refractivity contribution is 0.796. The van der Waals surface area contributed by atoms with E-state index in [1.165, 1.54) is 66.5 Å². The molecule has 51 heavy (non-hydrogen) atoms. The topological polar surface area (TPSA) is 26.0 Å². The number of hydrogen-bond donors (Lipinski definition) is 0. The fourth-order valence-electron chi connectivity index (χ4n) is 8.91. The Bertz CT molecular complexity index is 2750. The molecule has 0 radical (unpaired) electrons. The first kappa shape index (κ1) is 28.4. The predicted octanol–water partition coefficient (Wildman–Crippen LogP) is 11.6. The van der Waals surface area contributed by atoms with Crippen molar-refractivity contribution in [2.45, 2.75) is 25.3 Å². The van der Waals surface area contributed by atoms with E-state index in [0.29, 0.717) is 0 Å². The zero-order chi connectivity index (χ0) is 33.5. The first-order valence-electron chi connectivity index (χ1n) is 18.0.